The molecular weight excluding hydrogens is 234 g/mol. The Morgan fingerprint density at radius 2 is 1.58 bits per heavy atom. The third-order valence-corrected chi connectivity index (χ3v) is 3.21. The van der Waals surface area contributed by atoms with Gasteiger partial charge in [0.2, 0.25) is 0 Å². The van der Waals surface area contributed by atoms with Crippen molar-refractivity contribution in [3.05, 3.63) is 66.3 Å². The molecule has 2 nitrogen and oxygen atoms in total. The Labute approximate surface area is 111 Å². The maximum absolute atomic E-state index is 10.9. The Bertz CT molecular complexity index is 809. The molecule has 0 fully saturated rings. The predicted molar refractivity (Wildman–Crippen MR) is 80.4 cm³/mol. The number of benzene rings is 2. The summed E-state index contributed by atoms with van der Waals surface area (Å²) < 4.78 is 0. The molecule has 0 amide bonds. The van der Waals surface area contributed by atoms with Crippen molar-refractivity contribution in [3.63, 3.8) is 0 Å². The Balaban J connectivity index is 2.29. The molecule has 2 aromatic carbocycles. The summed E-state index contributed by atoms with van der Waals surface area (Å²) in [6.45, 7) is 3.67. The van der Waals surface area contributed by atoms with E-state index in [0.717, 1.165) is 33.7 Å². The molecule has 3 aromatic rings. The van der Waals surface area contributed by atoms with Crippen LogP contribution in [0.3, 0.4) is 0 Å². The zero-order valence-electron chi connectivity index (χ0n) is 10.4. The van der Waals surface area contributed by atoms with Gasteiger partial charge in [0.15, 0.2) is 0 Å². The topological polar surface area (TPSA) is 32.9 Å². The molecule has 1 N–H and O–H groups in total. The van der Waals surface area contributed by atoms with Crippen LogP contribution in [0.1, 0.15) is 15.9 Å². The van der Waals surface area contributed by atoms with E-state index in [1.807, 2.05) is 30.4 Å². The molecule has 0 saturated carbocycles. The van der Waals surface area contributed by atoms with Crippen molar-refractivity contribution >= 4 is 34.2 Å². The molecule has 0 aliphatic carbocycles. The third-order valence-electron chi connectivity index (χ3n) is 3.21. The Morgan fingerprint density at radius 3 is 2.21 bits per heavy atom. The molecule has 0 radical (unpaired) electrons. The molecule has 0 spiro atoms. The zero-order valence-corrected chi connectivity index (χ0v) is 10.4. The van der Waals surface area contributed by atoms with Crippen LogP contribution in [-0.4, -0.2) is 11.3 Å². The molecule has 0 unspecified atom stereocenters. The van der Waals surface area contributed by atoms with Gasteiger partial charge < -0.3 is 4.98 Å². The molecule has 3 rings (SSSR count). The fraction of sp³-hybridized carbons (Fsp3) is 0. The van der Waals surface area contributed by atoms with Crippen LogP contribution >= 0.6 is 0 Å². The molecule has 19 heavy (non-hydrogen) atoms. The standard InChI is InChI=1S/C17H13NO/c1-2-3-4-12-5-7-16-14(9-12)15-10-13(11-19)6-8-17(15)18-16/h2-11,18H,1H2. The average molecular weight is 247 g/mol. The fourth-order valence-electron chi connectivity index (χ4n) is 2.29. The third kappa shape index (κ3) is 1.97. The van der Waals surface area contributed by atoms with Crippen LogP contribution in [0, 0.1) is 0 Å². The van der Waals surface area contributed by atoms with Crippen molar-refractivity contribution in [2.24, 2.45) is 0 Å². The van der Waals surface area contributed by atoms with Crippen molar-refractivity contribution in [1.29, 1.82) is 0 Å². The van der Waals surface area contributed by atoms with E-state index in [-0.39, 0.29) is 0 Å². The highest BCUT2D eigenvalue weighted by atomic mass is 16.1. The number of carbonyl (C=O) groups excluding carboxylic acids is 1. The van der Waals surface area contributed by atoms with E-state index < -0.39 is 0 Å². The number of hydrogen-bond donors (Lipinski definition) is 1. The van der Waals surface area contributed by atoms with Gasteiger partial charge in [-0.05, 0) is 35.9 Å². The SMILES string of the molecule is C=CC=Cc1ccc2[nH]c3ccc(C=O)cc3c2c1. The summed E-state index contributed by atoms with van der Waals surface area (Å²) >= 11 is 0. The maximum atomic E-state index is 10.9. The minimum atomic E-state index is 0.695. The van der Waals surface area contributed by atoms with Gasteiger partial charge in [-0.2, -0.15) is 0 Å². The summed E-state index contributed by atoms with van der Waals surface area (Å²) in [5.41, 5.74) is 3.93. The first-order chi connectivity index (χ1) is 9.31. The first kappa shape index (κ1) is 11.5. The van der Waals surface area contributed by atoms with E-state index in [0.29, 0.717) is 5.56 Å². The van der Waals surface area contributed by atoms with Gasteiger partial charge in [0.25, 0.3) is 0 Å². The van der Waals surface area contributed by atoms with E-state index in [1.165, 1.54) is 0 Å². The van der Waals surface area contributed by atoms with Crippen molar-refractivity contribution in [2.75, 3.05) is 0 Å². The minimum Gasteiger partial charge on any atom is -0.355 e. The lowest BCUT2D eigenvalue weighted by Gasteiger charge is -1.95. The van der Waals surface area contributed by atoms with Crippen LogP contribution < -0.4 is 0 Å². The molecule has 1 heterocycles. The van der Waals surface area contributed by atoms with Crippen LogP contribution in [0.5, 0.6) is 0 Å². The molecule has 0 saturated heterocycles. The Hall–Kier alpha value is -2.61. The molecule has 1 aromatic heterocycles. The second-order valence-electron chi connectivity index (χ2n) is 4.45. The summed E-state index contributed by atoms with van der Waals surface area (Å²) in [6, 6.07) is 11.9. The van der Waals surface area contributed by atoms with Gasteiger partial charge in [-0.15, -0.1) is 0 Å². The highest BCUT2D eigenvalue weighted by Gasteiger charge is 2.05. The molecule has 2 heteroatoms. The molecule has 0 aliphatic rings. The summed E-state index contributed by atoms with van der Waals surface area (Å²) in [4.78, 5) is 14.2. The van der Waals surface area contributed by atoms with E-state index in [4.69, 9.17) is 0 Å². The number of hydrogen-bond acceptors (Lipinski definition) is 1. The summed E-state index contributed by atoms with van der Waals surface area (Å²) in [5.74, 6) is 0. The van der Waals surface area contributed by atoms with Crippen molar-refractivity contribution in [1.82, 2.24) is 4.98 Å². The van der Waals surface area contributed by atoms with Crippen molar-refractivity contribution in [2.45, 2.75) is 0 Å². The highest BCUT2D eigenvalue weighted by molar-refractivity contribution is 6.09. The number of aromatic amines is 1. The first-order valence-corrected chi connectivity index (χ1v) is 6.11. The number of rotatable bonds is 3. The van der Waals surface area contributed by atoms with Crippen LogP contribution in [-0.2, 0) is 0 Å². The lowest BCUT2D eigenvalue weighted by atomic mass is 10.1. The number of allylic oxidation sites excluding steroid dienone is 2. The van der Waals surface area contributed by atoms with E-state index in [2.05, 4.69) is 29.8 Å². The number of aldehydes is 1. The maximum Gasteiger partial charge on any atom is 0.150 e. The monoisotopic (exact) mass is 247 g/mol. The fourth-order valence-corrected chi connectivity index (χ4v) is 2.29. The zero-order chi connectivity index (χ0) is 13.2. The van der Waals surface area contributed by atoms with Gasteiger partial charge >= 0.3 is 0 Å². The van der Waals surface area contributed by atoms with Crippen molar-refractivity contribution < 1.29 is 4.79 Å². The van der Waals surface area contributed by atoms with Gasteiger partial charge in [-0.25, -0.2) is 0 Å². The number of carbonyl (C=O) groups is 1. The highest BCUT2D eigenvalue weighted by Crippen LogP contribution is 2.27. The largest absolute Gasteiger partial charge is 0.355 e. The van der Waals surface area contributed by atoms with Gasteiger partial charge in [-0.3, -0.25) is 4.79 Å². The van der Waals surface area contributed by atoms with Crippen LogP contribution in [0.25, 0.3) is 27.9 Å². The molecule has 0 bridgehead atoms. The molecule has 0 aliphatic heterocycles. The van der Waals surface area contributed by atoms with Crippen LogP contribution in [0.4, 0.5) is 0 Å². The van der Waals surface area contributed by atoms with E-state index in [1.54, 1.807) is 6.08 Å². The summed E-state index contributed by atoms with van der Waals surface area (Å²) in [5, 5.41) is 2.21. The smallest absolute Gasteiger partial charge is 0.150 e. The normalized spacial score (nSPS) is 11.4. The minimum absolute atomic E-state index is 0.695. The van der Waals surface area contributed by atoms with Gasteiger partial charge in [0.1, 0.15) is 6.29 Å². The number of fused-ring (bicyclic) bond motifs is 3. The molecule has 0 atom stereocenters. The molecular formula is C17H13NO. The predicted octanol–water partition coefficient (Wildman–Crippen LogP) is 4.33. The first-order valence-electron chi connectivity index (χ1n) is 6.11. The van der Waals surface area contributed by atoms with Crippen LogP contribution in [0.2, 0.25) is 0 Å². The average Bonchev–Trinajstić information content (AvgIpc) is 2.82. The van der Waals surface area contributed by atoms with E-state index >= 15 is 0 Å². The van der Waals surface area contributed by atoms with Gasteiger partial charge in [0.05, 0.1) is 0 Å². The number of aromatic nitrogens is 1. The lowest BCUT2D eigenvalue weighted by Crippen LogP contribution is -1.77. The lowest BCUT2D eigenvalue weighted by molar-refractivity contribution is 0.112. The number of H-pyrrole nitrogens is 1. The Kier molecular flexibility index (Phi) is 2.76. The molecule has 92 valence electrons. The van der Waals surface area contributed by atoms with Gasteiger partial charge in [0, 0.05) is 27.4 Å². The Morgan fingerprint density at radius 1 is 0.947 bits per heavy atom. The van der Waals surface area contributed by atoms with Crippen molar-refractivity contribution in [3.8, 4) is 0 Å². The second kappa shape index (κ2) is 4.58. The van der Waals surface area contributed by atoms with Gasteiger partial charge in [-0.1, -0.05) is 30.9 Å². The quantitative estimate of drug-likeness (QED) is 0.542. The second-order valence-corrected chi connectivity index (χ2v) is 4.45. The van der Waals surface area contributed by atoms with Crippen LogP contribution in [0.15, 0.2) is 55.1 Å². The van der Waals surface area contributed by atoms with E-state index in [9.17, 15) is 4.79 Å². The summed E-state index contributed by atoms with van der Waals surface area (Å²) in [7, 11) is 0. The summed E-state index contributed by atoms with van der Waals surface area (Å²) in [6.07, 6.45) is 6.55. The number of nitrogens with one attached hydrogen (secondary N) is 1.